The normalized spacial score (nSPS) is 13.0. The molecule has 0 aromatic heterocycles. The van der Waals surface area contributed by atoms with Crippen molar-refractivity contribution in [3.05, 3.63) is 63.6 Å². The summed E-state index contributed by atoms with van der Waals surface area (Å²) in [6, 6.07) is 12.2. The molecule has 0 saturated carbocycles. The quantitative estimate of drug-likeness (QED) is 0.755. The molecule has 2 N–H and O–H groups in total. The predicted molar refractivity (Wildman–Crippen MR) is 104 cm³/mol. The summed E-state index contributed by atoms with van der Waals surface area (Å²) < 4.78 is 5.54. The minimum absolute atomic E-state index is 0.102. The Morgan fingerprint density at radius 3 is 2.42 bits per heavy atom. The van der Waals surface area contributed by atoms with E-state index in [9.17, 15) is 9.59 Å². The fraction of sp³-hybridized carbons (Fsp3) is 0.263. The van der Waals surface area contributed by atoms with Crippen molar-refractivity contribution in [1.29, 1.82) is 0 Å². The number of amides is 2. The van der Waals surface area contributed by atoms with Crippen LogP contribution in [-0.4, -0.2) is 25.5 Å². The molecule has 7 heteroatoms. The zero-order valence-electron chi connectivity index (χ0n) is 14.7. The second-order valence-electron chi connectivity index (χ2n) is 6.04. The highest BCUT2D eigenvalue weighted by molar-refractivity contribution is 6.40. The average molecular weight is 395 g/mol. The van der Waals surface area contributed by atoms with Gasteiger partial charge in [0.25, 0.3) is 0 Å². The molecule has 0 saturated heterocycles. The molecule has 2 aromatic carbocycles. The van der Waals surface area contributed by atoms with Gasteiger partial charge in [-0.05, 0) is 49.2 Å². The second kappa shape index (κ2) is 8.54. The van der Waals surface area contributed by atoms with Crippen LogP contribution in [0.25, 0.3) is 0 Å². The van der Waals surface area contributed by atoms with Crippen LogP contribution in [0.1, 0.15) is 18.1 Å². The van der Waals surface area contributed by atoms with E-state index in [-0.39, 0.29) is 6.54 Å². The van der Waals surface area contributed by atoms with Gasteiger partial charge in [0.1, 0.15) is 5.60 Å². The summed E-state index contributed by atoms with van der Waals surface area (Å²) in [5, 5.41) is 6.18. The lowest BCUT2D eigenvalue weighted by Gasteiger charge is -2.29. The Hall–Kier alpha value is -2.08. The van der Waals surface area contributed by atoms with Gasteiger partial charge in [-0.2, -0.15) is 0 Å². The number of methoxy groups -OCH3 is 1. The van der Waals surface area contributed by atoms with E-state index in [1.807, 2.05) is 13.0 Å². The van der Waals surface area contributed by atoms with E-state index >= 15 is 0 Å². The van der Waals surface area contributed by atoms with E-state index in [0.717, 1.165) is 11.1 Å². The van der Waals surface area contributed by atoms with Gasteiger partial charge in [0.15, 0.2) is 0 Å². The first-order chi connectivity index (χ1) is 12.2. The molecule has 0 aliphatic carbocycles. The Kier molecular flexibility index (Phi) is 6.64. The smallest absolute Gasteiger partial charge is 0.313 e. The first kappa shape index (κ1) is 20.2. The van der Waals surface area contributed by atoms with Gasteiger partial charge in [-0.1, -0.05) is 41.4 Å². The number of hydrogen-bond acceptors (Lipinski definition) is 3. The van der Waals surface area contributed by atoms with Gasteiger partial charge in [-0.25, -0.2) is 0 Å². The molecule has 0 bridgehead atoms. The Morgan fingerprint density at radius 2 is 1.77 bits per heavy atom. The third-order valence-electron chi connectivity index (χ3n) is 4.13. The number of anilines is 1. The van der Waals surface area contributed by atoms with Crippen molar-refractivity contribution in [2.45, 2.75) is 19.4 Å². The van der Waals surface area contributed by atoms with E-state index in [1.165, 1.54) is 7.11 Å². The van der Waals surface area contributed by atoms with Gasteiger partial charge in [0, 0.05) is 22.8 Å². The molecule has 5 nitrogen and oxygen atoms in total. The van der Waals surface area contributed by atoms with Crippen LogP contribution in [0.5, 0.6) is 0 Å². The molecule has 2 aromatic rings. The van der Waals surface area contributed by atoms with Gasteiger partial charge in [0.05, 0.1) is 6.54 Å². The van der Waals surface area contributed by atoms with E-state index in [2.05, 4.69) is 10.6 Å². The molecule has 0 heterocycles. The standard InChI is InChI=1S/C19H20Cl2N2O3/c1-12-7-8-15(21)10-16(12)23-18(25)17(24)22-11-19(2,26-3)13-5-4-6-14(20)9-13/h4-10H,11H2,1-3H3,(H,22,24)(H,23,25). The molecular formula is C19H20Cl2N2O3. The lowest BCUT2D eigenvalue weighted by atomic mass is 9.95. The molecule has 2 rings (SSSR count). The Balaban J connectivity index is 2.04. The highest BCUT2D eigenvalue weighted by atomic mass is 35.5. The lowest BCUT2D eigenvalue weighted by molar-refractivity contribution is -0.137. The number of rotatable bonds is 5. The molecule has 0 aliphatic rings. The maximum atomic E-state index is 12.2. The summed E-state index contributed by atoms with van der Waals surface area (Å²) in [6.45, 7) is 3.72. The minimum atomic E-state index is -0.827. The average Bonchev–Trinajstić information content (AvgIpc) is 2.62. The number of nitrogens with one attached hydrogen (secondary N) is 2. The SMILES string of the molecule is COC(C)(CNC(=O)C(=O)Nc1cc(Cl)ccc1C)c1cccc(Cl)c1. The summed E-state index contributed by atoms with van der Waals surface area (Å²) in [5.41, 5.74) is 1.25. The molecule has 2 amide bonds. The van der Waals surface area contributed by atoms with Crippen molar-refractivity contribution >= 4 is 40.7 Å². The zero-order chi connectivity index (χ0) is 19.3. The van der Waals surface area contributed by atoms with Gasteiger partial charge in [-0.15, -0.1) is 0 Å². The van der Waals surface area contributed by atoms with Gasteiger partial charge >= 0.3 is 11.8 Å². The number of ether oxygens (including phenoxy) is 1. The number of benzene rings is 2. The molecule has 0 aliphatic heterocycles. The number of aryl methyl sites for hydroxylation is 1. The Morgan fingerprint density at radius 1 is 1.08 bits per heavy atom. The van der Waals surface area contributed by atoms with Crippen LogP contribution in [0.2, 0.25) is 10.0 Å². The van der Waals surface area contributed by atoms with Gasteiger partial charge in [0.2, 0.25) is 0 Å². The maximum absolute atomic E-state index is 12.2. The second-order valence-corrected chi connectivity index (χ2v) is 6.91. The fourth-order valence-electron chi connectivity index (χ4n) is 2.35. The summed E-state index contributed by atoms with van der Waals surface area (Å²) in [6.07, 6.45) is 0. The number of carbonyl (C=O) groups excluding carboxylic acids is 2. The number of halogens is 2. The fourth-order valence-corrected chi connectivity index (χ4v) is 2.71. The summed E-state index contributed by atoms with van der Waals surface area (Å²) in [7, 11) is 1.53. The van der Waals surface area contributed by atoms with Crippen molar-refractivity contribution in [1.82, 2.24) is 5.32 Å². The van der Waals surface area contributed by atoms with E-state index in [1.54, 1.807) is 43.3 Å². The number of carbonyl (C=O) groups is 2. The minimum Gasteiger partial charge on any atom is -0.372 e. The van der Waals surface area contributed by atoms with Crippen LogP contribution in [0.4, 0.5) is 5.69 Å². The predicted octanol–water partition coefficient (Wildman–Crippen LogP) is 3.92. The molecular weight excluding hydrogens is 375 g/mol. The van der Waals surface area contributed by atoms with Crippen LogP contribution in [0, 0.1) is 6.92 Å². The summed E-state index contributed by atoms with van der Waals surface area (Å²) in [4.78, 5) is 24.3. The first-order valence-electron chi connectivity index (χ1n) is 7.92. The molecule has 0 fully saturated rings. The first-order valence-corrected chi connectivity index (χ1v) is 8.67. The largest absolute Gasteiger partial charge is 0.372 e. The van der Waals surface area contributed by atoms with E-state index in [0.29, 0.717) is 15.7 Å². The Bertz CT molecular complexity index is 826. The van der Waals surface area contributed by atoms with Crippen LogP contribution in [-0.2, 0) is 19.9 Å². The Labute approximate surface area is 162 Å². The third kappa shape index (κ3) is 4.97. The van der Waals surface area contributed by atoms with E-state index < -0.39 is 17.4 Å². The lowest BCUT2D eigenvalue weighted by Crippen LogP contribution is -2.44. The van der Waals surface area contributed by atoms with Crippen molar-refractivity contribution < 1.29 is 14.3 Å². The van der Waals surface area contributed by atoms with Crippen molar-refractivity contribution in [2.24, 2.45) is 0 Å². The topological polar surface area (TPSA) is 67.4 Å². The zero-order valence-corrected chi connectivity index (χ0v) is 16.2. The van der Waals surface area contributed by atoms with Crippen LogP contribution >= 0.6 is 23.2 Å². The summed E-state index contributed by atoms with van der Waals surface area (Å²) >= 11 is 11.9. The van der Waals surface area contributed by atoms with Crippen LogP contribution in [0.15, 0.2) is 42.5 Å². The molecule has 0 spiro atoms. The van der Waals surface area contributed by atoms with Crippen molar-refractivity contribution in [3.63, 3.8) is 0 Å². The third-order valence-corrected chi connectivity index (χ3v) is 4.60. The van der Waals surface area contributed by atoms with Gasteiger partial charge < -0.3 is 15.4 Å². The van der Waals surface area contributed by atoms with Crippen molar-refractivity contribution in [3.8, 4) is 0 Å². The summed E-state index contributed by atoms with van der Waals surface area (Å²) in [5.74, 6) is -1.55. The highest BCUT2D eigenvalue weighted by Crippen LogP contribution is 2.26. The molecule has 26 heavy (non-hydrogen) atoms. The van der Waals surface area contributed by atoms with E-state index in [4.69, 9.17) is 27.9 Å². The van der Waals surface area contributed by atoms with Crippen molar-refractivity contribution in [2.75, 3.05) is 19.0 Å². The van der Waals surface area contributed by atoms with Crippen LogP contribution < -0.4 is 10.6 Å². The molecule has 0 radical (unpaired) electrons. The highest BCUT2D eigenvalue weighted by Gasteiger charge is 2.28. The van der Waals surface area contributed by atoms with Crippen LogP contribution in [0.3, 0.4) is 0 Å². The van der Waals surface area contributed by atoms with Gasteiger partial charge in [-0.3, -0.25) is 9.59 Å². The molecule has 1 atom stereocenters. The maximum Gasteiger partial charge on any atom is 0.313 e. The molecule has 138 valence electrons. The molecule has 1 unspecified atom stereocenters. The number of hydrogen-bond donors (Lipinski definition) is 2. The monoisotopic (exact) mass is 394 g/mol.